The molecular weight excluding hydrogens is 228 g/mol. The molecule has 82 valence electrons. The zero-order valence-electron chi connectivity index (χ0n) is 9.20. The molecule has 0 amide bonds. The van der Waals surface area contributed by atoms with Crippen molar-refractivity contribution in [2.24, 2.45) is 4.99 Å². The van der Waals surface area contributed by atoms with E-state index < -0.39 is 0 Å². The fraction of sp³-hybridized carbons (Fsp3) is 0.364. The average molecular weight is 243 g/mol. The first-order valence-corrected chi connectivity index (χ1v) is 6.24. The molecule has 0 unspecified atom stereocenters. The van der Waals surface area contributed by atoms with Crippen molar-refractivity contribution >= 4 is 28.5 Å². The largest absolute Gasteiger partial charge is 0.350 e. The Morgan fingerprint density at radius 1 is 1.40 bits per heavy atom. The van der Waals surface area contributed by atoms with Crippen molar-refractivity contribution in [1.82, 2.24) is 4.90 Å². The van der Waals surface area contributed by atoms with Gasteiger partial charge in [-0.15, -0.1) is 0 Å². The molecule has 0 aliphatic carbocycles. The number of hydrogen-bond acceptors (Lipinski definition) is 2. The molecule has 0 aliphatic heterocycles. The Kier molecular flexibility index (Phi) is 4.99. The van der Waals surface area contributed by atoms with E-state index in [2.05, 4.69) is 9.89 Å². The molecule has 0 bridgehead atoms. The molecule has 0 saturated heterocycles. The van der Waals surface area contributed by atoms with Gasteiger partial charge >= 0.3 is 0 Å². The fourth-order valence-corrected chi connectivity index (χ4v) is 2.03. The third kappa shape index (κ3) is 3.76. The predicted molar refractivity (Wildman–Crippen MR) is 69.8 cm³/mol. The molecule has 0 heterocycles. The van der Waals surface area contributed by atoms with Gasteiger partial charge in [-0.05, 0) is 24.0 Å². The number of hydrogen-bond donors (Lipinski definition) is 0. The molecule has 1 aromatic rings. The van der Waals surface area contributed by atoms with Gasteiger partial charge in [0.2, 0.25) is 0 Å². The van der Waals surface area contributed by atoms with Crippen molar-refractivity contribution in [2.45, 2.75) is 6.54 Å². The summed E-state index contributed by atoms with van der Waals surface area (Å²) >= 11 is 7.47. The van der Waals surface area contributed by atoms with E-state index >= 15 is 0 Å². The number of aliphatic imine (C=N–C) groups is 1. The van der Waals surface area contributed by atoms with Crippen LogP contribution in [0, 0.1) is 0 Å². The number of thioether (sulfide) groups is 1. The summed E-state index contributed by atoms with van der Waals surface area (Å²) in [4.78, 5) is 6.32. The Hall–Kier alpha value is -0.670. The predicted octanol–water partition coefficient (Wildman–Crippen LogP) is 3.12. The topological polar surface area (TPSA) is 15.6 Å². The highest BCUT2D eigenvalue weighted by Crippen LogP contribution is 2.12. The van der Waals surface area contributed by atoms with Gasteiger partial charge in [-0.3, -0.25) is 4.99 Å². The lowest BCUT2D eigenvalue weighted by Gasteiger charge is -2.19. The number of benzene rings is 1. The summed E-state index contributed by atoms with van der Waals surface area (Å²) in [7, 11) is 3.84. The summed E-state index contributed by atoms with van der Waals surface area (Å²) in [5.41, 5.74) is 1.23. The molecule has 1 aromatic carbocycles. The Balaban J connectivity index is 2.65. The molecule has 15 heavy (non-hydrogen) atoms. The number of rotatable bonds is 2. The van der Waals surface area contributed by atoms with E-state index in [4.69, 9.17) is 11.6 Å². The molecule has 0 aliphatic rings. The molecule has 0 spiro atoms. The smallest absolute Gasteiger partial charge is 0.158 e. The molecular formula is C11H15ClN2S. The second-order valence-corrected chi connectivity index (χ2v) is 4.40. The number of halogens is 1. The van der Waals surface area contributed by atoms with Gasteiger partial charge < -0.3 is 4.90 Å². The highest BCUT2D eigenvalue weighted by Gasteiger charge is 2.04. The van der Waals surface area contributed by atoms with Crippen LogP contribution in [0.4, 0.5) is 0 Å². The third-order valence-electron chi connectivity index (χ3n) is 2.03. The minimum atomic E-state index is 0.774. The summed E-state index contributed by atoms with van der Waals surface area (Å²) in [5, 5.41) is 1.81. The maximum atomic E-state index is 5.82. The van der Waals surface area contributed by atoms with E-state index in [0.717, 1.165) is 16.7 Å². The van der Waals surface area contributed by atoms with Crippen LogP contribution in [0.15, 0.2) is 29.3 Å². The van der Waals surface area contributed by atoms with Crippen LogP contribution in [0.25, 0.3) is 0 Å². The molecule has 1 rings (SSSR count). The van der Waals surface area contributed by atoms with E-state index in [-0.39, 0.29) is 0 Å². The molecule has 4 heteroatoms. The third-order valence-corrected chi connectivity index (χ3v) is 3.14. The highest BCUT2D eigenvalue weighted by molar-refractivity contribution is 8.13. The molecule has 0 saturated carbocycles. The standard InChI is InChI=1S/C11H15ClN2S/c1-13-11(15-3)14(2)8-9-4-6-10(12)7-5-9/h4-7H,8H2,1-3H3. The van der Waals surface area contributed by atoms with E-state index in [1.807, 2.05) is 44.6 Å². The summed E-state index contributed by atoms with van der Waals surface area (Å²) in [6.45, 7) is 0.852. The average Bonchev–Trinajstić information content (AvgIpc) is 2.23. The fourth-order valence-electron chi connectivity index (χ4n) is 1.35. The van der Waals surface area contributed by atoms with Crippen LogP contribution < -0.4 is 0 Å². The van der Waals surface area contributed by atoms with Crippen molar-refractivity contribution in [1.29, 1.82) is 0 Å². The van der Waals surface area contributed by atoms with E-state index in [1.165, 1.54) is 5.56 Å². The Labute approximate surface area is 100 Å². The van der Waals surface area contributed by atoms with Crippen molar-refractivity contribution in [2.75, 3.05) is 20.4 Å². The lowest BCUT2D eigenvalue weighted by Crippen LogP contribution is -2.23. The van der Waals surface area contributed by atoms with Gasteiger partial charge in [-0.2, -0.15) is 0 Å². The minimum absolute atomic E-state index is 0.774. The van der Waals surface area contributed by atoms with Crippen LogP contribution in [-0.4, -0.2) is 30.4 Å². The van der Waals surface area contributed by atoms with Gasteiger partial charge in [0.1, 0.15) is 0 Å². The van der Waals surface area contributed by atoms with E-state index in [1.54, 1.807) is 11.8 Å². The number of nitrogens with zero attached hydrogens (tertiary/aromatic N) is 2. The molecule has 0 radical (unpaired) electrons. The van der Waals surface area contributed by atoms with Crippen LogP contribution in [0.3, 0.4) is 0 Å². The highest BCUT2D eigenvalue weighted by atomic mass is 35.5. The quantitative estimate of drug-likeness (QED) is 0.585. The zero-order valence-corrected chi connectivity index (χ0v) is 10.8. The van der Waals surface area contributed by atoms with Crippen LogP contribution in [0.5, 0.6) is 0 Å². The Morgan fingerprint density at radius 3 is 2.47 bits per heavy atom. The lowest BCUT2D eigenvalue weighted by molar-refractivity contribution is 0.510. The van der Waals surface area contributed by atoms with E-state index in [0.29, 0.717) is 0 Å². The maximum Gasteiger partial charge on any atom is 0.158 e. The first kappa shape index (κ1) is 12.4. The van der Waals surface area contributed by atoms with Gasteiger partial charge in [-0.1, -0.05) is 35.5 Å². The molecule has 2 nitrogen and oxygen atoms in total. The van der Waals surface area contributed by atoms with Gasteiger partial charge in [0.05, 0.1) is 0 Å². The lowest BCUT2D eigenvalue weighted by atomic mass is 10.2. The van der Waals surface area contributed by atoms with Crippen molar-refractivity contribution in [3.05, 3.63) is 34.9 Å². The maximum absolute atomic E-state index is 5.82. The summed E-state index contributed by atoms with van der Waals surface area (Å²) in [6, 6.07) is 7.89. The Bertz CT molecular complexity index is 335. The molecule has 0 N–H and O–H groups in total. The van der Waals surface area contributed by atoms with Crippen molar-refractivity contribution < 1.29 is 0 Å². The Morgan fingerprint density at radius 2 is 2.00 bits per heavy atom. The van der Waals surface area contributed by atoms with Gasteiger partial charge in [0.15, 0.2) is 5.17 Å². The van der Waals surface area contributed by atoms with Crippen LogP contribution >= 0.6 is 23.4 Å². The van der Waals surface area contributed by atoms with Crippen LogP contribution in [0.2, 0.25) is 5.02 Å². The minimum Gasteiger partial charge on any atom is -0.350 e. The van der Waals surface area contributed by atoms with Crippen LogP contribution in [0.1, 0.15) is 5.56 Å². The second kappa shape index (κ2) is 6.03. The first-order valence-electron chi connectivity index (χ1n) is 4.63. The SMILES string of the molecule is CN=C(SC)N(C)Cc1ccc(Cl)cc1. The monoisotopic (exact) mass is 242 g/mol. The molecule has 0 aromatic heterocycles. The summed E-state index contributed by atoms with van der Waals surface area (Å²) < 4.78 is 0. The molecule has 0 atom stereocenters. The first-order chi connectivity index (χ1) is 7.17. The van der Waals surface area contributed by atoms with Gasteiger partial charge in [0.25, 0.3) is 0 Å². The van der Waals surface area contributed by atoms with Gasteiger partial charge in [0, 0.05) is 25.7 Å². The summed E-state index contributed by atoms with van der Waals surface area (Å²) in [5.74, 6) is 0. The van der Waals surface area contributed by atoms with Gasteiger partial charge in [-0.25, -0.2) is 0 Å². The number of amidine groups is 1. The van der Waals surface area contributed by atoms with Crippen molar-refractivity contribution in [3.63, 3.8) is 0 Å². The summed E-state index contributed by atoms with van der Waals surface area (Å²) in [6.07, 6.45) is 2.03. The second-order valence-electron chi connectivity index (χ2n) is 3.19. The van der Waals surface area contributed by atoms with Crippen molar-refractivity contribution in [3.8, 4) is 0 Å². The molecule has 0 fully saturated rings. The zero-order chi connectivity index (χ0) is 11.3. The normalized spacial score (nSPS) is 11.6. The van der Waals surface area contributed by atoms with Crippen LogP contribution in [-0.2, 0) is 6.54 Å². The van der Waals surface area contributed by atoms with E-state index in [9.17, 15) is 0 Å².